The third-order valence-electron chi connectivity index (χ3n) is 10.8. The number of carbonyl (C=O) groups is 1. The van der Waals surface area contributed by atoms with E-state index in [1.165, 1.54) is 44.9 Å². The second-order valence-electron chi connectivity index (χ2n) is 12.5. The lowest BCUT2D eigenvalue weighted by Gasteiger charge is -2.62. The van der Waals surface area contributed by atoms with Gasteiger partial charge in [0.25, 0.3) is 0 Å². The molecule has 0 aliphatic heterocycles. The highest BCUT2D eigenvalue weighted by Crippen LogP contribution is 2.68. The zero-order valence-electron chi connectivity index (χ0n) is 19.8. The Bertz CT molecular complexity index is 612. The van der Waals surface area contributed by atoms with E-state index >= 15 is 0 Å². The van der Waals surface area contributed by atoms with Crippen molar-refractivity contribution in [2.75, 3.05) is 0 Å². The summed E-state index contributed by atoms with van der Waals surface area (Å²) in [6, 6.07) is 0. The average Bonchev–Trinajstić information content (AvgIpc) is 3.02. The number of aliphatic hydroxyl groups is 1. The molecule has 0 unspecified atom stereocenters. The van der Waals surface area contributed by atoms with E-state index in [2.05, 4.69) is 34.6 Å². The van der Waals surface area contributed by atoms with Crippen molar-refractivity contribution in [3.05, 3.63) is 0 Å². The Morgan fingerprint density at radius 1 is 1.03 bits per heavy atom. The second kappa shape index (κ2) is 7.95. The molecule has 4 fully saturated rings. The van der Waals surface area contributed by atoms with Gasteiger partial charge in [-0.1, -0.05) is 53.9 Å². The van der Waals surface area contributed by atoms with Gasteiger partial charge < -0.3 is 5.11 Å². The molecular weight excluding hydrogens is 356 g/mol. The number of aliphatic hydroxyl groups excluding tert-OH is 1. The van der Waals surface area contributed by atoms with Gasteiger partial charge in [0.1, 0.15) is 5.78 Å². The lowest BCUT2D eigenvalue weighted by molar-refractivity contribution is -0.170. The van der Waals surface area contributed by atoms with Crippen molar-refractivity contribution in [2.24, 2.45) is 52.3 Å². The van der Waals surface area contributed by atoms with Gasteiger partial charge in [0.05, 0.1) is 6.10 Å². The second-order valence-corrected chi connectivity index (χ2v) is 12.5. The molecule has 1 N–H and O–H groups in total. The number of carbonyl (C=O) groups excluding carboxylic acids is 1. The van der Waals surface area contributed by atoms with Gasteiger partial charge in [-0.05, 0) is 90.8 Å². The zero-order valence-corrected chi connectivity index (χ0v) is 19.8. The molecule has 0 saturated heterocycles. The van der Waals surface area contributed by atoms with Crippen LogP contribution in [0.2, 0.25) is 0 Å². The van der Waals surface area contributed by atoms with E-state index in [4.69, 9.17) is 0 Å². The number of Topliss-reactive ketones (excluding diaryl/α,β-unsaturated/α-hetero) is 1. The molecule has 4 rings (SSSR count). The van der Waals surface area contributed by atoms with Crippen molar-refractivity contribution in [3.8, 4) is 0 Å². The monoisotopic (exact) mass is 402 g/mol. The molecule has 4 aliphatic carbocycles. The summed E-state index contributed by atoms with van der Waals surface area (Å²) >= 11 is 0. The third kappa shape index (κ3) is 3.54. The summed E-state index contributed by atoms with van der Waals surface area (Å²) in [7, 11) is 0. The van der Waals surface area contributed by atoms with E-state index in [0.717, 1.165) is 43.4 Å². The van der Waals surface area contributed by atoms with E-state index in [1.807, 2.05) is 0 Å². The maximum atomic E-state index is 12.1. The van der Waals surface area contributed by atoms with Gasteiger partial charge in [-0.2, -0.15) is 0 Å². The first-order valence-corrected chi connectivity index (χ1v) is 12.9. The highest BCUT2D eigenvalue weighted by molar-refractivity contribution is 5.79. The van der Waals surface area contributed by atoms with Crippen molar-refractivity contribution in [3.63, 3.8) is 0 Å². The maximum Gasteiger partial charge on any atom is 0.133 e. The molecule has 0 amide bonds. The first kappa shape index (κ1) is 21.8. The van der Waals surface area contributed by atoms with E-state index < -0.39 is 0 Å². The highest BCUT2D eigenvalue weighted by Gasteiger charge is 2.63. The van der Waals surface area contributed by atoms with Gasteiger partial charge in [0.15, 0.2) is 0 Å². The Kier molecular flexibility index (Phi) is 5.99. The van der Waals surface area contributed by atoms with Gasteiger partial charge in [0, 0.05) is 12.8 Å². The summed E-state index contributed by atoms with van der Waals surface area (Å²) in [5.74, 6) is 5.40. The van der Waals surface area contributed by atoms with Gasteiger partial charge in [-0.15, -0.1) is 0 Å². The summed E-state index contributed by atoms with van der Waals surface area (Å²) in [6.07, 6.45) is 12.7. The number of ketones is 1. The SMILES string of the molecule is CC(C)CCC[C@@H](C)[C@H]1CC[C@H]2[C@@H]3CC[C@@H]4CC(=O)CC[C@]4(C)[C@H]3C[C@H](O)[C@]12C. The van der Waals surface area contributed by atoms with Gasteiger partial charge in [-0.25, -0.2) is 0 Å². The molecule has 0 heterocycles. The summed E-state index contributed by atoms with van der Waals surface area (Å²) in [6.45, 7) is 12.1. The van der Waals surface area contributed by atoms with Crippen LogP contribution in [0.3, 0.4) is 0 Å². The summed E-state index contributed by atoms with van der Waals surface area (Å²) in [4.78, 5) is 12.1. The van der Waals surface area contributed by atoms with E-state index in [-0.39, 0.29) is 11.5 Å². The van der Waals surface area contributed by atoms with Crippen LogP contribution in [0, 0.1) is 52.3 Å². The normalized spacial score (nSPS) is 48.2. The lowest BCUT2D eigenvalue weighted by Crippen LogP contribution is -2.58. The Labute approximate surface area is 179 Å². The molecule has 0 bridgehead atoms. The predicted molar refractivity (Wildman–Crippen MR) is 119 cm³/mol. The number of hydrogen-bond acceptors (Lipinski definition) is 2. The number of rotatable bonds is 5. The van der Waals surface area contributed by atoms with E-state index in [1.54, 1.807) is 0 Å². The standard InChI is InChI=1S/C27H46O2/c1-17(2)7-6-8-18(3)22-11-12-23-21-10-9-19-15-20(28)13-14-26(19,4)24(21)16-25(29)27(22,23)5/h17-19,21-25,29H,6-16H2,1-5H3/t18-,19-,21+,22-,23+,24+,25+,26+,27-/m1/s1. The molecule has 0 radical (unpaired) electrons. The first-order chi connectivity index (χ1) is 13.7. The molecule has 2 nitrogen and oxygen atoms in total. The van der Waals surface area contributed by atoms with Crippen molar-refractivity contribution < 1.29 is 9.90 Å². The zero-order chi connectivity index (χ0) is 21.0. The van der Waals surface area contributed by atoms with Crippen LogP contribution in [-0.4, -0.2) is 17.0 Å². The third-order valence-corrected chi connectivity index (χ3v) is 10.8. The predicted octanol–water partition coefficient (Wildman–Crippen LogP) is 6.65. The molecule has 0 aromatic heterocycles. The van der Waals surface area contributed by atoms with Crippen LogP contribution in [0.1, 0.15) is 105 Å². The quantitative estimate of drug-likeness (QED) is 0.559. The fraction of sp³-hybridized carbons (Fsp3) is 0.963. The molecular formula is C27H46O2. The fourth-order valence-electron chi connectivity index (χ4n) is 9.02. The van der Waals surface area contributed by atoms with Crippen LogP contribution in [0.5, 0.6) is 0 Å². The minimum absolute atomic E-state index is 0.117. The smallest absolute Gasteiger partial charge is 0.133 e. The van der Waals surface area contributed by atoms with E-state index in [9.17, 15) is 9.90 Å². The van der Waals surface area contributed by atoms with Crippen LogP contribution >= 0.6 is 0 Å². The number of hydrogen-bond donors (Lipinski definition) is 1. The average molecular weight is 403 g/mol. The van der Waals surface area contributed by atoms with Gasteiger partial charge >= 0.3 is 0 Å². The Balaban J connectivity index is 1.52. The lowest BCUT2D eigenvalue weighted by atomic mass is 9.44. The van der Waals surface area contributed by atoms with Crippen molar-refractivity contribution in [2.45, 2.75) is 111 Å². The minimum atomic E-state index is -0.151. The maximum absolute atomic E-state index is 12.1. The van der Waals surface area contributed by atoms with Crippen LogP contribution in [0.4, 0.5) is 0 Å². The largest absolute Gasteiger partial charge is 0.393 e. The molecule has 0 aromatic rings. The molecule has 9 atom stereocenters. The van der Waals surface area contributed by atoms with Crippen LogP contribution in [-0.2, 0) is 4.79 Å². The van der Waals surface area contributed by atoms with Gasteiger partial charge in [-0.3, -0.25) is 4.79 Å². The first-order valence-electron chi connectivity index (χ1n) is 12.9. The van der Waals surface area contributed by atoms with Crippen molar-refractivity contribution >= 4 is 5.78 Å². The topological polar surface area (TPSA) is 37.3 Å². The molecule has 4 aliphatic rings. The Morgan fingerprint density at radius 2 is 1.79 bits per heavy atom. The molecule has 0 aromatic carbocycles. The van der Waals surface area contributed by atoms with Crippen molar-refractivity contribution in [1.29, 1.82) is 0 Å². The number of fused-ring (bicyclic) bond motifs is 5. The summed E-state index contributed by atoms with van der Waals surface area (Å²) < 4.78 is 0. The van der Waals surface area contributed by atoms with Crippen LogP contribution in [0.15, 0.2) is 0 Å². The van der Waals surface area contributed by atoms with E-state index in [0.29, 0.717) is 34.9 Å². The minimum Gasteiger partial charge on any atom is -0.393 e. The molecule has 0 spiro atoms. The van der Waals surface area contributed by atoms with Gasteiger partial charge in [0.2, 0.25) is 0 Å². The molecule has 166 valence electrons. The molecule has 2 heteroatoms. The summed E-state index contributed by atoms with van der Waals surface area (Å²) in [5, 5.41) is 11.6. The summed E-state index contributed by atoms with van der Waals surface area (Å²) in [5.41, 5.74) is 0.409. The van der Waals surface area contributed by atoms with Crippen LogP contribution < -0.4 is 0 Å². The molecule has 29 heavy (non-hydrogen) atoms. The Hall–Kier alpha value is -0.370. The fourth-order valence-corrected chi connectivity index (χ4v) is 9.02. The Morgan fingerprint density at radius 3 is 2.52 bits per heavy atom. The van der Waals surface area contributed by atoms with Crippen molar-refractivity contribution in [1.82, 2.24) is 0 Å². The molecule has 4 saturated carbocycles. The van der Waals surface area contributed by atoms with Crippen LogP contribution in [0.25, 0.3) is 0 Å². The highest BCUT2D eigenvalue weighted by atomic mass is 16.3.